The van der Waals surface area contributed by atoms with Crippen LogP contribution in [-0.4, -0.2) is 26.2 Å². The Morgan fingerprint density at radius 3 is 2.43 bits per heavy atom. The van der Waals surface area contributed by atoms with E-state index in [0.29, 0.717) is 12.2 Å². The second kappa shape index (κ2) is 8.07. The molecule has 0 amide bonds. The fourth-order valence-electron chi connectivity index (χ4n) is 1.87. The summed E-state index contributed by atoms with van der Waals surface area (Å²) in [5, 5.41) is 3.31. The number of hydrogen-bond acceptors (Lipinski definition) is 4. The van der Waals surface area contributed by atoms with E-state index in [4.69, 9.17) is 4.74 Å². The Kier molecular flexibility index (Phi) is 5.79. The first-order valence-corrected chi connectivity index (χ1v) is 6.85. The molecule has 4 heteroatoms. The van der Waals surface area contributed by atoms with E-state index in [9.17, 15) is 4.79 Å². The summed E-state index contributed by atoms with van der Waals surface area (Å²) in [4.78, 5) is 11.3. The lowest BCUT2D eigenvalue weighted by Crippen LogP contribution is -2.20. The molecule has 1 N–H and O–H groups in total. The SMILES string of the molecule is COC(=O)c1ccc(OCCNCc2ccccc2)cc1. The van der Waals surface area contributed by atoms with Gasteiger partial charge in [0.25, 0.3) is 0 Å². The number of rotatable bonds is 7. The van der Waals surface area contributed by atoms with Gasteiger partial charge in [-0.25, -0.2) is 4.79 Å². The van der Waals surface area contributed by atoms with Crippen LogP contribution in [0, 0.1) is 0 Å². The average molecular weight is 285 g/mol. The molecular formula is C17H19NO3. The normalized spacial score (nSPS) is 10.1. The third-order valence-corrected chi connectivity index (χ3v) is 2.99. The number of ether oxygens (including phenoxy) is 2. The lowest BCUT2D eigenvalue weighted by Gasteiger charge is -2.08. The van der Waals surface area contributed by atoms with E-state index >= 15 is 0 Å². The molecule has 2 rings (SSSR count). The standard InChI is InChI=1S/C17H19NO3/c1-20-17(19)15-7-9-16(10-8-15)21-12-11-18-13-14-5-3-2-4-6-14/h2-10,18H,11-13H2,1H3. The van der Waals surface area contributed by atoms with Crippen LogP contribution in [0.5, 0.6) is 5.75 Å². The van der Waals surface area contributed by atoms with Crippen molar-refractivity contribution < 1.29 is 14.3 Å². The van der Waals surface area contributed by atoms with Gasteiger partial charge in [0.1, 0.15) is 12.4 Å². The number of carbonyl (C=O) groups is 1. The summed E-state index contributed by atoms with van der Waals surface area (Å²) in [5.41, 5.74) is 1.77. The van der Waals surface area contributed by atoms with Crippen LogP contribution in [-0.2, 0) is 11.3 Å². The van der Waals surface area contributed by atoms with Gasteiger partial charge in [-0.05, 0) is 29.8 Å². The molecule has 2 aromatic carbocycles. The number of carbonyl (C=O) groups excluding carboxylic acids is 1. The van der Waals surface area contributed by atoms with Crippen LogP contribution in [0.25, 0.3) is 0 Å². The predicted octanol–water partition coefficient (Wildman–Crippen LogP) is 2.64. The first kappa shape index (κ1) is 15.1. The highest BCUT2D eigenvalue weighted by Crippen LogP contribution is 2.12. The van der Waals surface area contributed by atoms with Gasteiger partial charge < -0.3 is 14.8 Å². The van der Waals surface area contributed by atoms with Gasteiger partial charge in [-0.15, -0.1) is 0 Å². The zero-order chi connectivity index (χ0) is 14.9. The van der Waals surface area contributed by atoms with Crippen LogP contribution in [0.15, 0.2) is 54.6 Å². The number of esters is 1. The topological polar surface area (TPSA) is 47.6 Å². The van der Waals surface area contributed by atoms with Gasteiger partial charge in [-0.1, -0.05) is 30.3 Å². The van der Waals surface area contributed by atoms with Gasteiger partial charge in [0.15, 0.2) is 0 Å². The zero-order valence-electron chi connectivity index (χ0n) is 12.0. The number of nitrogens with one attached hydrogen (secondary N) is 1. The molecule has 110 valence electrons. The summed E-state index contributed by atoms with van der Waals surface area (Å²) in [7, 11) is 1.37. The van der Waals surface area contributed by atoms with E-state index < -0.39 is 0 Å². The highest BCUT2D eigenvalue weighted by molar-refractivity contribution is 5.89. The van der Waals surface area contributed by atoms with Gasteiger partial charge in [0.2, 0.25) is 0 Å². The van der Waals surface area contributed by atoms with Crippen molar-refractivity contribution in [3.63, 3.8) is 0 Å². The summed E-state index contributed by atoms with van der Waals surface area (Å²) in [6.45, 7) is 2.16. The number of benzene rings is 2. The highest BCUT2D eigenvalue weighted by atomic mass is 16.5. The van der Waals surface area contributed by atoms with Gasteiger partial charge in [0, 0.05) is 13.1 Å². The van der Waals surface area contributed by atoms with E-state index in [1.807, 2.05) is 18.2 Å². The molecule has 0 aromatic heterocycles. The van der Waals surface area contributed by atoms with Crippen LogP contribution in [0.3, 0.4) is 0 Å². The summed E-state index contributed by atoms with van der Waals surface area (Å²) in [5.74, 6) is 0.398. The molecule has 2 aromatic rings. The van der Waals surface area contributed by atoms with Crippen LogP contribution < -0.4 is 10.1 Å². The summed E-state index contributed by atoms with van der Waals surface area (Å²) in [6.07, 6.45) is 0. The fourth-order valence-corrected chi connectivity index (χ4v) is 1.87. The van der Waals surface area contributed by atoms with Crippen LogP contribution in [0.1, 0.15) is 15.9 Å². The minimum absolute atomic E-state index is 0.342. The first-order valence-electron chi connectivity index (χ1n) is 6.85. The minimum atomic E-state index is -0.342. The molecule has 0 aliphatic heterocycles. The van der Waals surface area contributed by atoms with E-state index in [0.717, 1.165) is 18.8 Å². The minimum Gasteiger partial charge on any atom is -0.492 e. The zero-order valence-corrected chi connectivity index (χ0v) is 12.0. The van der Waals surface area contributed by atoms with Crippen molar-refractivity contribution >= 4 is 5.97 Å². The van der Waals surface area contributed by atoms with E-state index in [2.05, 4.69) is 22.2 Å². The summed E-state index contributed by atoms with van der Waals surface area (Å²) in [6, 6.07) is 17.1. The van der Waals surface area contributed by atoms with Crippen molar-refractivity contribution in [1.82, 2.24) is 5.32 Å². The Hall–Kier alpha value is -2.33. The summed E-state index contributed by atoms with van der Waals surface area (Å²) >= 11 is 0. The maximum atomic E-state index is 11.3. The molecule has 0 atom stereocenters. The second-order valence-corrected chi connectivity index (χ2v) is 4.53. The molecule has 21 heavy (non-hydrogen) atoms. The summed E-state index contributed by atoms with van der Waals surface area (Å²) < 4.78 is 10.2. The fraction of sp³-hybridized carbons (Fsp3) is 0.235. The Labute approximate surface area is 124 Å². The molecule has 0 aliphatic rings. The maximum absolute atomic E-state index is 11.3. The Bertz CT molecular complexity index is 552. The van der Waals surface area contributed by atoms with Gasteiger partial charge in [0.05, 0.1) is 12.7 Å². The molecule has 0 spiro atoms. The molecule has 0 bridgehead atoms. The lowest BCUT2D eigenvalue weighted by molar-refractivity contribution is 0.0600. The molecule has 0 fully saturated rings. The molecule has 0 saturated heterocycles. The van der Waals surface area contributed by atoms with Crippen molar-refractivity contribution in [3.8, 4) is 5.75 Å². The quantitative estimate of drug-likeness (QED) is 0.627. The lowest BCUT2D eigenvalue weighted by atomic mass is 10.2. The monoisotopic (exact) mass is 285 g/mol. The third-order valence-electron chi connectivity index (χ3n) is 2.99. The van der Waals surface area contributed by atoms with Crippen LogP contribution >= 0.6 is 0 Å². The predicted molar refractivity (Wildman–Crippen MR) is 81.4 cm³/mol. The Morgan fingerprint density at radius 2 is 1.76 bits per heavy atom. The smallest absolute Gasteiger partial charge is 0.337 e. The molecule has 0 aliphatic carbocycles. The van der Waals surface area contributed by atoms with Crippen molar-refractivity contribution in [2.24, 2.45) is 0 Å². The first-order chi connectivity index (χ1) is 10.3. The van der Waals surface area contributed by atoms with Gasteiger partial charge in [-0.2, -0.15) is 0 Å². The van der Waals surface area contributed by atoms with Gasteiger partial charge >= 0.3 is 5.97 Å². The maximum Gasteiger partial charge on any atom is 0.337 e. The van der Waals surface area contributed by atoms with Crippen molar-refractivity contribution in [2.75, 3.05) is 20.3 Å². The average Bonchev–Trinajstić information content (AvgIpc) is 2.55. The highest BCUT2D eigenvalue weighted by Gasteiger charge is 2.04. The van der Waals surface area contributed by atoms with Crippen LogP contribution in [0.2, 0.25) is 0 Å². The molecular weight excluding hydrogens is 266 g/mol. The van der Waals surface area contributed by atoms with E-state index in [1.54, 1.807) is 24.3 Å². The van der Waals surface area contributed by atoms with Gasteiger partial charge in [-0.3, -0.25) is 0 Å². The van der Waals surface area contributed by atoms with Crippen molar-refractivity contribution in [2.45, 2.75) is 6.54 Å². The van der Waals surface area contributed by atoms with E-state index in [1.165, 1.54) is 12.7 Å². The third kappa shape index (κ3) is 4.93. The molecule has 0 radical (unpaired) electrons. The molecule has 0 unspecified atom stereocenters. The Morgan fingerprint density at radius 1 is 1.05 bits per heavy atom. The number of hydrogen-bond donors (Lipinski definition) is 1. The van der Waals surface area contributed by atoms with Crippen molar-refractivity contribution in [3.05, 3.63) is 65.7 Å². The second-order valence-electron chi connectivity index (χ2n) is 4.53. The largest absolute Gasteiger partial charge is 0.492 e. The van der Waals surface area contributed by atoms with Crippen LogP contribution in [0.4, 0.5) is 0 Å². The molecule has 0 saturated carbocycles. The van der Waals surface area contributed by atoms with E-state index in [-0.39, 0.29) is 5.97 Å². The number of methoxy groups -OCH3 is 1. The molecule has 0 heterocycles. The molecule has 4 nitrogen and oxygen atoms in total. The van der Waals surface area contributed by atoms with Crippen molar-refractivity contribution in [1.29, 1.82) is 0 Å². The Balaban J connectivity index is 1.68.